The standard InChI is InChI=1S/C24H29FN4O2/c1-4-27-20-13-16(25)12-19-21(20)28-23(31)24(19,2)29-11-10-17(15-8-6-5-7-9-15)18(14-29)22(30)26-3/h5-9,12-13,17-18,27H,4,10-11,14H2,1-3H3,(H,26,30)(H,28,31)/t17-,18-,24-/m0/s1. The average molecular weight is 425 g/mol. The fraction of sp³-hybridized carbons (Fsp3) is 0.417. The number of piperidine rings is 1. The number of hydrogen-bond acceptors (Lipinski definition) is 4. The van der Waals surface area contributed by atoms with Gasteiger partial charge < -0.3 is 16.0 Å². The summed E-state index contributed by atoms with van der Waals surface area (Å²) in [5.41, 5.74) is 1.89. The molecular formula is C24H29FN4O2. The minimum Gasteiger partial charge on any atom is -0.384 e. The van der Waals surface area contributed by atoms with E-state index in [-0.39, 0.29) is 29.5 Å². The number of rotatable bonds is 5. The van der Waals surface area contributed by atoms with Crippen molar-refractivity contribution in [2.75, 3.05) is 37.3 Å². The van der Waals surface area contributed by atoms with E-state index in [0.29, 0.717) is 36.6 Å². The summed E-state index contributed by atoms with van der Waals surface area (Å²) in [7, 11) is 1.64. The lowest BCUT2D eigenvalue weighted by atomic mass is 9.77. The molecule has 0 saturated carbocycles. The molecule has 164 valence electrons. The molecule has 1 fully saturated rings. The number of likely N-dealkylation sites (tertiary alicyclic amines) is 1. The Kier molecular flexibility index (Phi) is 5.71. The molecule has 4 rings (SSSR count). The Balaban J connectivity index is 1.71. The Hall–Kier alpha value is -2.93. The van der Waals surface area contributed by atoms with Gasteiger partial charge in [0.1, 0.15) is 11.4 Å². The number of carbonyl (C=O) groups excluding carboxylic acids is 2. The van der Waals surface area contributed by atoms with E-state index in [1.54, 1.807) is 7.05 Å². The number of anilines is 2. The van der Waals surface area contributed by atoms with Crippen LogP contribution in [0.25, 0.3) is 0 Å². The van der Waals surface area contributed by atoms with Crippen molar-refractivity contribution in [3.05, 3.63) is 59.4 Å². The van der Waals surface area contributed by atoms with Gasteiger partial charge in [-0.3, -0.25) is 14.5 Å². The summed E-state index contributed by atoms with van der Waals surface area (Å²) in [5, 5.41) is 8.88. The third kappa shape index (κ3) is 3.57. The number of carbonyl (C=O) groups is 2. The highest BCUT2D eigenvalue weighted by Gasteiger charge is 2.51. The summed E-state index contributed by atoms with van der Waals surface area (Å²) in [4.78, 5) is 28.1. The number of fused-ring (bicyclic) bond motifs is 1. The van der Waals surface area contributed by atoms with Crippen LogP contribution in [0.4, 0.5) is 15.8 Å². The molecule has 2 aromatic carbocycles. The van der Waals surface area contributed by atoms with Crippen molar-refractivity contribution >= 4 is 23.2 Å². The number of nitrogens with one attached hydrogen (secondary N) is 3. The lowest BCUT2D eigenvalue weighted by Crippen LogP contribution is -2.56. The van der Waals surface area contributed by atoms with Crippen molar-refractivity contribution in [3.8, 4) is 0 Å². The van der Waals surface area contributed by atoms with Crippen molar-refractivity contribution in [2.24, 2.45) is 5.92 Å². The van der Waals surface area contributed by atoms with Crippen molar-refractivity contribution in [1.82, 2.24) is 10.2 Å². The minimum absolute atomic E-state index is 0.0478. The Morgan fingerprint density at radius 2 is 2.03 bits per heavy atom. The molecule has 0 aliphatic carbocycles. The van der Waals surface area contributed by atoms with Crippen LogP contribution in [0.1, 0.15) is 37.3 Å². The van der Waals surface area contributed by atoms with Gasteiger partial charge in [-0.2, -0.15) is 0 Å². The normalized spacial score (nSPS) is 25.6. The minimum atomic E-state index is -1.05. The number of halogens is 1. The predicted molar refractivity (Wildman–Crippen MR) is 119 cm³/mol. The smallest absolute Gasteiger partial charge is 0.249 e. The second-order valence-corrected chi connectivity index (χ2v) is 8.41. The predicted octanol–water partition coefficient (Wildman–Crippen LogP) is 3.28. The molecule has 0 spiro atoms. The third-order valence-corrected chi connectivity index (χ3v) is 6.73. The highest BCUT2D eigenvalue weighted by atomic mass is 19.1. The van der Waals surface area contributed by atoms with Crippen molar-refractivity contribution in [3.63, 3.8) is 0 Å². The molecule has 7 heteroatoms. The largest absolute Gasteiger partial charge is 0.384 e. The zero-order valence-corrected chi connectivity index (χ0v) is 18.2. The Morgan fingerprint density at radius 3 is 2.71 bits per heavy atom. The quantitative estimate of drug-likeness (QED) is 0.689. The first-order chi connectivity index (χ1) is 14.9. The molecule has 6 nitrogen and oxygen atoms in total. The van der Waals surface area contributed by atoms with E-state index in [1.807, 2.05) is 49.1 Å². The van der Waals surface area contributed by atoms with Gasteiger partial charge >= 0.3 is 0 Å². The molecule has 0 aromatic heterocycles. The monoisotopic (exact) mass is 424 g/mol. The number of hydrogen-bond donors (Lipinski definition) is 3. The summed E-state index contributed by atoms with van der Waals surface area (Å²) >= 11 is 0. The maximum atomic E-state index is 14.5. The number of nitrogens with zero attached hydrogens (tertiary/aromatic N) is 1. The van der Waals surface area contributed by atoms with Gasteiger partial charge in [-0.25, -0.2) is 4.39 Å². The van der Waals surface area contributed by atoms with Crippen LogP contribution in [0.3, 0.4) is 0 Å². The molecule has 2 aliphatic heterocycles. The molecular weight excluding hydrogens is 395 g/mol. The Labute approximate surface area is 182 Å². The highest BCUT2D eigenvalue weighted by Crippen LogP contribution is 2.47. The van der Waals surface area contributed by atoms with Gasteiger partial charge in [-0.05, 0) is 43.9 Å². The van der Waals surface area contributed by atoms with Gasteiger partial charge in [0.25, 0.3) is 0 Å². The molecule has 3 N–H and O–H groups in total. The van der Waals surface area contributed by atoms with Gasteiger partial charge in [0.15, 0.2) is 0 Å². The van der Waals surface area contributed by atoms with Crippen LogP contribution in [-0.2, 0) is 15.1 Å². The molecule has 2 amide bonds. The molecule has 0 unspecified atom stereocenters. The maximum Gasteiger partial charge on any atom is 0.249 e. The average Bonchev–Trinajstić information content (AvgIpc) is 3.05. The second kappa shape index (κ2) is 8.30. The van der Waals surface area contributed by atoms with Crippen LogP contribution >= 0.6 is 0 Å². The zero-order valence-electron chi connectivity index (χ0n) is 18.2. The van der Waals surface area contributed by atoms with Gasteiger partial charge in [0.2, 0.25) is 11.8 Å². The third-order valence-electron chi connectivity index (χ3n) is 6.73. The van der Waals surface area contributed by atoms with Crippen molar-refractivity contribution < 1.29 is 14.0 Å². The van der Waals surface area contributed by atoms with E-state index in [0.717, 1.165) is 12.0 Å². The molecule has 2 heterocycles. The van der Waals surface area contributed by atoms with Crippen LogP contribution in [0.2, 0.25) is 0 Å². The zero-order chi connectivity index (χ0) is 22.2. The van der Waals surface area contributed by atoms with Crippen LogP contribution in [-0.4, -0.2) is 43.4 Å². The summed E-state index contributed by atoms with van der Waals surface area (Å²) in [5.74, 6) is -0.875. The van der Waals surface area contributed by atoms with Gasteiger partial charge in [-0.1, -0.05) is 30.3 Å². The molecule has 31 heavy (non-hydrogen) atoms. The van der Waals surface area contributed by atoms with E-state index in [2.05, 4.69) is 16.0 Å². The van der Waals surface area contributed by atoms with Gasteiger partial charge in [-0.15, -0.1) is 0 Å². The summed E-state index contributed by atoms with van der Waals surface area (Å²) in [6.07, 6.45) is 0.732. The fourth-order valence-corrected chi connectivity index (χ4v) is 5.04. The molecule has 2 aliphatic rings. The van der Waals surface area contributed by atoms with E-state index in [4.69, 9.17) is 0 Å². The lowest BCUT2D eigenvalue weighted by molar-refractivity contribution is -0.134. The van der Waals surface area contributed by atoms with E-state index < -0.39 is 5.54 Å². The number of benzene rings is 2. The van der Waals surface area contributed by atoms with Crippen LogP contribution in [0.5, 0.6) is 0 Å². The van der Waals surface area contributed by atoms with Gasteiger partial charge in [0.05, 0.1) is 17.3 Å². The highest BCUT2D eigenvalue weighted by molar-refractivity contribution is 6.08. The molecule has 1 saturated heterocycles. The first kappa shape index (κ1) is 21.3. The van der Waals surface area contributed by atoms with Crippen molar-refractivity contribution in [1.29, 1.82) is 0 Å². The summed E-state index contributed by atoms with van der Waals surface area (Å²) in [6.45, 7) is 5.41. The molecule has 0 radical (unpaired) electrons. The second-order valence-electron chi connectivity index (χ2n) is 8.41. The van der Waals surface area contributed by atoms with E-state index >= 15 is 0 Å². The number of amides is 2. The van der Waals surface area contributed by atoms with Crippen LogP contribution in [0, 0.1) is 11.7 Å². The SMILES string of the molecule is CCNc1cc(F)cc2c1NC(=O)[C@@]2(C)N1CC[C@@H](c2ccccc2)[C@@H](C(=O)NC)C1. The first-order valence-corrected chi connectivity index (χ1v) is 10.8. The van der Waals surface area contributed by atoms with E-state index in [1.165, 1.54) is 12.1 Å². The van der Waals surface area contributed by atoms with Crippen LogP contribution in [0.15, 0.2) is 42.5 Å². The Bertz CT molecular complexity index is 997. The van der Waals surface area contributed by atoms with Crippen molar-refractivity contribution in [2.45, 2.75) is 31.7 Å². The molecule has 2 aromatic rings. The molecule has 3 atom stereocenters. The summed E-state index contributed by atoms with van der Waals surface area (Å²) < 4.78 is 14.5. The fourth-order valence-electron chi connectivity index (χ4n) is 5.04. The molecule has 0 bridgehead atoms. The first-order valence-electron chi connectivity index (χ1n) is 10.8. The summed E-state index contributed by atoms with van der Waals surface area (Å²) in [6, 6.07) is 12.9. The maximum absolute atomic E-state index is 14.5. The Morgan fingerprint density at radius 1 is 1.29 bits per heavy atom. The van der Waals surface area contributed by atoms with Gasteiger partial charge in [0, 0.05) is 32.2 Å². The topological polar surface area (TPSA) is 73.5 Å². The lowest BCUT2D eigenvalue weighted by Gasteiger charge is -2.44. The van der Waals surface area contributed by atoms with Crippen LogP contribution < -0.4 is 16.0 Å². The van der Waals surface area contributed by atoms with E-state index in [9.17, 15) is 14.0 Å².